The van der Waals surface area contributed by atoms with E-state index >= 15 is 0 Å². The quantitative estimate of drug-likeness (QED) is 0.625. The van der Waals surface area contributed by atoms with Crippen molar-refractivity contribution in [3.05, 3.63) is 22.4 Å². The van der Waals surface area contributed by atoms with Crippen LogP contribution in [0.15, 0.2) is 21.8 Å². The fraction of sp³-hybridized carbons (Fsp3) is 0.583. The average Bonchev–Trinajstić information content (AvgIpc) is 2.97. The second-order valence-corrected chi connectivity index (χ2v) is 4.96. The molecule has 1 aromatic heterocycles. The van der Waals surface area contributed by atoms with E-state index < -0.39 is 0 Å². The maximum atomic E-state index is 4.25. The van der Waals surface area contributed by atoms with Crippen molar-refractivity contribution in [2.24, 2.45) is 4.99 Å². The maximum absolute atomic E-state index is 4.25. The zero-order valence-electron chi connectivity index (χ0n) is 9.70. The van der Waals surface area contributed by atoms with Gasteiger partial charge in [0.1, 0.15) is 0 Å². The predicted octanol–water partition coefficient (Wildman–Crippen LogP) is 2.36. The summed E-state index contributed by atoms with van der Waals surface area (Å²) in [6.45, 7) is 0.857. The Morgan fingerprint density at radius 1 is 1.50 bits per heavy atom. The molecule has 1 aliphatic rings. The number of aliphatic imine (C=N–C) groups is 1. The van der Waals surface area contributed by atoms with Gasteiger partial charge in [0.05, 0.1) is 0 Å². The van der Waals surface area contributed by atoms with Crippen molar-refractivity contribution in [3.8, 4) is 0 Å². The van der Waals surface area contributed by atoms with Crippen LogP contribution >= 0.6 is 11.3 Å². The zero-order valence-corrected chi connectivity index (χ0v) is 10.5. The lowest BCUT2D eigenvalue weighted by atomic mass is 10.2. The normalized spacial score (nSPS) is 17.7. The van der Waals surface area contributed by atoms with E-state index in [2.05, 4.69) is 32.5 Å². The number of nitrogens with one attached hydrogen (secondary N) is 2. The molecule has 88 valence electrons. The highest BCUT2D eigenvalue weighted by Crippen LogP contribution is 2.17. The highest BCUT2D eigenvalue weighted by Gasteiger charge is 2.15. The van der Waals surface area contributed by atoms with E-state index in [0.717, 1.165) is 12.5 Å². The van der Waals surface area contributed by atoms with Crippen LogP contribution in [-0.4, -0.2) is 19.0 Å². The lowest BCUT2D eigenvalue weighted by molar-refractivity contribution is 0.613. The molecule has 0 spiro atoms. The van der Waals surface area contributed by atoms with Gasteiger partial charge in [0, 0.05) is 19.6 Å². The van der Waals surface area contributed by atoms with Crippen LogP contribution in [0.3, 0.4) is 0 Å². The zero-order chi connectivity index (χ0) is 11.2. The maximum Gasteiger partial charge on any atom is 0.191 e. The van der Waals surface area contributed by atoms with Crippen molar-refractivity contribution in [3.63, 3.8) is 0 Å². The van der Waals surface area contributed by atoms with Gasteiger partial charge in [-0.25, -0.2) is 0 Å². The van der Waals surface area contributed by atoms with E-state index in [0.29, 0.717) is 6.04 Å². The molecule has 1 aliphatic carbocycles. The third-order valence-electron chi connectivity index (χ3n) is 2.96. The van der Waals surface area contributed by atoms with Crippen LogP contribution in [0.2, 0.25) is 0 Å². The first-order valence-electron chi connectivity index (χ1n) is 5.87. The fourth-order valence-corrected chi connectivity index (χ4v) is 2.71. The van der Waals surface area contributed by atoms with Crippen molar-refractivity contribution < 1.29 is 0 Å². The number of hydrogen-bond donors (Lipinski definition) is 2. The molecule has 1 aromatic rings. The lowest BCUT2D eigenvalue weighted by Crippen LogP contribution is -2.41. The topological polar surface area (TPSA) is 36.4 Å². The van der Waals surface area contributed by atoms with Gasteiger partial charge in [-0.2, -0.15) is 11.3 Å². The minimum atomic E-state index is 0.619. The average molecular weight is 237 g/mol. The Bertz CT molecular complexity index is 326. The summed E-state index contributed by atoms with van der Waals surface area (Å²) >= 11 is 1.73. The first-order valence-corrected chi connectivity index (χ1v) is 6.81. The Morgan fingerprint density at radius 3 is 2.94 bits per heavy atom. The molecule has 0 atom stereocenters. The predicted molar refractivity (Wildman–Crippen MR) is 69.9 cm³/mol. The summed E-state index contributed by atoms with van der Waals surface area (Å²) in [5.41, 5.74) is 1.32. The first-order chi connectivity index (χ1) is 7.88. The first kappa shape index (κ1) is 11.5. The number of hydrogen-bond acceptors (Lipinski definition) is 2. The molecule has 0 saturated heterocycles. The molecule has 1 saturated carbocycles. The molecule has 0 bridgehead atoms. The summed E-state index contributed by atoms with van der Waals surface area (Å²) in [5.74, 6) is 0.929. The standard InChI is InChI=1S/C12H19N3S/c1-13-12(15-11-4-2-3-5-11)14-8-10-6-7-16-9-10/h6-7,9,11H,2-5,8H2,1H3,(H2,13,14,15). The smallest absolute Gasteiger partial charge is 0.191 e. The Hall–Kier alpha value is -1.03. The second kappa shape index (κ2) is 5.89. The molecular formula is C12H19N3S. The third kappa shape index (κ3) is 3.23. The van der Waals surface area contributed by atoms with Crippen molar-refractivity contribution in [2.45, 2.75) is 38.3 Å². The minimum Gasteiger partial charge on any atom is -0.354 e. The summed E-state index contributed by atoms with van der Waals surface area (Å²) in [7, 11) is 1.83. The van der Waals surface area contributed by atoms with Gasteiger partial charge in [0.2, 0.25) is 0 Å². The van der Waals surface area contributed by atoms with Gasteiger partial charge >= 0.3 is 0 Å². The van der Waals surface area contributed by atoms with Crippen LogP contribution in [0.5, 0.6) is 0 Å². The highest BCUT2D eigenvalue weighted by atomic mass is 32.1. The molecule has 16 heavy (non-hydrogen) atoms. The highest BCUT2D eigenvalue weighted by molar-refractivity contribution is 7.07. The van der Waals surface area contributed by atoms with Crippen LogP contribution in [0, 0.1) is 0 Å². The molecule has 0 radical (unpaired) electrons. The molecule has 4 heteroatoms. The van der Waals surface area contributed by atoms with E-state index in [9.17, 15) is 0 Å². The lowest BCUT2D eigenvalue weighted by Gasteiger charge is -2.16. The van der Waals surface area contributed by atoms with Gasteiger partial charge in [0.25, 0.3) is 0 Å². The van der Waals surface area contributed by atoms with Crippen molar-refractivity contribution in [1.82, 2.24) is 10.6 Å². The molecule has 0 amide bonds. The van der Waals surface area contributed by atoms with E-state index in [4.69, 9.17) is 0 Å². The summed E-state index contributed by atoms with van der Waals surface area (Å²) in [6.07, 6.45) is 5.25. The van der Waals surface area contributed by atoms with Gasteiger partial charge in [0.15, 0.2) is 5.96 Å². The van der Waals surface area contributed by atoms with E-state index in [1.807, 2.05) is 7.05 Å². The molecule has 1 heterocycles. The van der Waals surface area contributed by atoms with Crippen molar-refractivity contribution >= 4 is 17.3 Å². The number of thiophene rings is 1. The van der Waals surface area contributed by atoms with Crippen LogP contribution in [0.1, 0.15) is 31.2 Å². The van der Waals surface area contributed by atoms with E-state index in [1.54, 1.807) is 11.3 Å². The van der Waals surface area contributed by atoms with Gasteiger partial charge < -0.3 is 10.6 Å². The fourth-order valence-electron chi connectivity index (χ4n) is 2.04. The molecule has 1 fully saturated rings. The Morgan fingerprint density at radius 2 is 2.31 bits per heavy atom. The second-order valence-electron chi connectivity index (χ2n) is 4.18. The van der Waals surface area contributed by atoms with E-state index in [1.165, 1.54) is 31.2 Å². The summed E-state index contributed by atoms with van der Waals surface area (Å²) in [5, 5.41) is 11.1. The summed E-state index contributed by atoms with van der Waals surface area (Å²) < 4.78 is 0. The van der Waals surface area contributed by atoms with Crippen LogP contribution in [-0.2, 0) is 6.54 Å². The summed E-state index contributed by atoms with van der Waals surface area (Å²) in [4.78, 5) is 4.25. The third-order valence-corrected chi connectivity index (χ3v) is 3.69. The Labute approximate surface area is 101 Å². The van der Waals surface area contributed by atoms with Crippen molar-refractivity contribution in [2.75, 3.05) is 7.05 Å². The summed E-state index contributed by atoms with van der Waals surface area (Å²) in [6, 6.07) is 2.76. The molecule has 2 rings (SSSR count). The molecule has 2 N–H and O–H groups in total. The number of guanidine groups is 1. The molecule has 3 nitrogen and oxygen atoms in total. The van der Waals surface area contributed by atoms with Gasteiger partial charge in [-0.05, 0) is 35.2 Å². The molecule has 0 aliphatic heterocycles. The number of nitrogens with zero attached hydrogens (tertiary/aromatic N) is 1. The van der Waals surface area contributed by atoms with Gasteiger partial charge in [-0.1, -0.05) is 12.8 Å². The van der Waals surface area contributed by atoms with E-state index in [-0.39, 0.29) is 0 Å². The SMILES string of the molecule is CN=C(NCc1ccsc1)NC1CCCC1. The molecular weight excluding hydrogens is 218 g/mol. The minimum absolute atomic E-state index is 0.619. The molecule has 0 unspecified atom stereocenters. The largest absolute Gasteiger partial charge is 0.354 e. The van der Waals surface area contributed by atoms with Crippen LogP contribution in [0.25, 0.3) is 0 Å². The number of rotatable bonds is 3. The van der Waals surface area contributed by atoms with Crippen molar-refractivity contribution in [1.29, 1.82) is 0 Å². The van der Waals surface area contributed by atoms with Crippen LogP contribution < -0.4 is 10.6 Å². The Balaban J connectivity index is 1.77. The molecule has 0 aromatic carbocycles. The van der Waals surface area contributed by atoms with Gasteiger partial charge in [-0.15, -0.1) is 0 Å². The monoisotopic (exact) mass is 237 g/mol. The van der Waals surface area contributed by atoms with Crippen LogP contribution in [0.4, 0.5) is 0 Å². The van der Waals surface area contributed by atoms with Gasteiger partial charge in [-0.3, -0.25) is 4.99 Å². The Kier molecular flexibility index (Phi) is 4.22.